The molecule has 1 atom stereocenters. The van der Waals surface area contributed by atoms with Crippen molar-refractivity contribution in [3.8, 4) is 0 Å². The van der Waals surface area contributed by atoms with E-state index in [9.17, 15) is 5.11 Å². The van der Waals surface area contributed by atoms with E-state index in [-0.39, 0.29) is 0 Å². The number of benzene rings is 1. The maximum absolute atomic E-state index is 10.5. The number of anilines is 1. The number of hydrogen-bond acceptors (Lipinski definition) is 4. The topological polar surface area (TPSA) is 35.9 Å². The average molecular weight is 423 g/mol. The zero-order chi connectivity index (χ0) is 21.0. The lowest BCUT2D eigenvalue weighted by Crippen LogP contribution is -2.49. The van der Waals surface area contributed by atoms with Gasteiger partial charge in [-0.3, -0.25) is 4.90 Å². The molecule has 2 aliphatic rings. The van der Waals surface area contributed by atoms with Gasteiger partial charge in [-0.05, 0) is 61.6 Å². The number of halogens is 1. The fourth-order valence-electron chi connectivity index (χ4n) is 4.79. The predicted octanol–water partition coefficient (Wildman–Crippen LogP) is 4.75. The SMILES string of the molecule is Cc1ccc(Cl)cc1N1CCN(CC(O)COC2CCC(C(C)(C)C)CC2)CC1. The number of nitrogens with zero attached hydrogens (tertiary/aromatic N) is 2. The van der Waals surface area contributed by atoms with E-state index in [0.29, 0.717) is 24.7 Å². The molecule has 1 heterocycles. The van der Waals surface area contributed by atoms with E-state index in [4.69, 9.17) is 16.3 Å². The summed E-state index contributed by atoms with van der Waals surface area (Å²) in [6.07, 6.45) is 4.67. The van der Waals surface area contributed by atoms with Crippen molar-refractivity contribution in [2.75, 3.05) is 44.2 Å². The second-order valence-electron chi connectivity index (χ2n) is 10.0. The van der Waals surface area contributed by atoms with Crippen molar-refractivity contribution in [1.29, 1.82) is 0 Å². The fourth-order valence-corrected chi connectivity index (χ4v) is 4.95. The summed E-state index contributed by atoms with van der Waals surface area (Å²) in [7, 11) is 0. The average Bonchev–Trinajstić information content (AvgIpc) is 2.68. The van der Waals surface area contributed by atoms with Crippen molar-refractivity contribution >= 4 is 17.3 Å². The quantitative estimate of drug-likeness (QED) is 0.717. The summed E-state index contributed by atoms with van der Waals surface area (Å²) >= 11 is 6.18. The van der Waals surface area contributed by atoms with Crippen molar-refractivity contribution in [3.63, 3.8) is 0 Å². The zero-order valence-corrected chi connectivity index (χ0v) is 19.4. The minimum atomic E-state index is -0.408. The van der Waals surface area contributed by atoms with E-state index in [1.807, 2.05) is 6.07 Å². The smallest absolute Gasteiger partial charge is 0.0900 e. The molecule has 164 valence electrons. The fraction of sp³-hybridized carbons (Fsp3) is 0.750. The Balaban J connectivity index is 1.36. The highest BCUT2D eigenvalue weighted by Gasteiger charge is 2.30. The van der Waals surface area contributed by atoms with Gasteiger partial charge in [0, 0.05) is 43.4 Å². The van der Waals surface area contributed by atoms with Gasteiger partial charge >= 0.3 is 0 Å². The van der Waals surface area contributed by atoms with Crippen LogP contribution in [0.2, 0.25) is 5.02 Å². The van der Waals surface area contributed by atoms with Crippen LogP contribution in [0.3, 0.4) is 0 Å². The maximum atomic E-state index is 10.5. The number of β-amino-alcohol motifs (C(OH)–C–C–N with tert-alkyl or cyclic N) is 1. The number of aryl methyl sites for hydroxylation is 1. The molecular weight excluding hydrogens is 384 g/mol. The first-order valence-electron chi connectivity index (χ1n) is 11.3. The van der Waals surface area contributed by atoms with Crippen LogP contribution < -0.4 is 4.90 Å². The molecule has 0 spiro atoms. The monoisotopic (exact) mass is 422 g/mol. The van der Waals surface area contributed by atoms with E-state index < -0.39 is 6.10 Å². The Morgan fingerprint density at radius 3 is 2.38 bits per heavy atom. The largest absolute Gasteiger partial charge is 0.389 e. The summed E-state index contributed by atoms with van der Waals surface area (Å²) in [4.78, 5) is 4.75. The summed E-state index contributed by atoms with van der Waals surface area (Å²) in [6, 6.07) is 6.09. The second-order valence-corrected chi connectivity index (χ2v) is 10.5. The Kier molecular flexibility index (Phi) is 7.88. The lowest BCUT2D eigenvalue weighted by atomic mass is 9.72. The van der Waals surface area contributed by atoms with E-state index in [0.717, 1.165) is 50.0 Å². The third kappa shape index (κ3) is 6.58. The van der Waals surface area contributed by atoms with E-state index >= 15 is 0 Å². The molecule has 5 heteroatoms. The lowest BCUT2D eigenvalue weighted by molar-refractivity contribution is -0.0446. The number of piperazine rings is 1. The molecule has 0 aromatic heterocycles. The van der Waals surface area contributed by atoms with E-state index in [2.05, 4.69) is 49.6 Å². The Morgan fingerprint density at radius 2 is 1.76 bits per heavy atom. The zero-order valence-electron chi connectivity index (χ0n) is 18.7. The Hall–Kier alpha value is -0.810. The highest BCUT2D eigenvalue weighted by Crippen LogP contribution is 2.38. The van der Waals surface area contributed by atoms with Crippen LogP contribution in [0, 0.1) is 18.3 Å². The first-order chi connectivity index (χ1) is 13.7. The minimum Gasteiger partial charge on any atom is -0.389 e. The van der Waals surface area contributed by atoms with Crippen molar-refractivity contribution in [2.45, 2.75) is 65.6 Å². The molecule has 1 unspecified atom stereocenters. The summed E-state index contributed by atoms with van der Waals surface area (Å²) in [5.74, 6) is 0.798. The van der Waals surface area contributed by atoms with Crippen LogP contribution in [-0.4, -0.2) is 61.5 Å². The van der Waals surface area contributed by atoms with Gasteiger partial charge in [0.05, 0.1) is 18.8 Å². The van der Waals surface area contributed by atoms with Gasteiger partial charge in [-0.25, -0.2) is 0 Å². The van der Waals surface area contributed by atoms with Crippen LogP contribution in [0.1, 0.15) is 52.0 Å². The van der Waals surface area contributed by atoms with Gasteiger partial charge < -0.3 is 14.7 Å². The standard InChI is InChI=1S/C24H39ClN2O2/c1-18-5-8-20(25)15-23(18)27-13-11-26(12-14-27)16-21(28)17-29-22-9-6-19(7-10-22)24(2,3)4/h5,8,15,19,21-22,28H,6-7,9-14,16-17H2,1-4H3. The van der Waals surface area contributed by atoms with Gasteiger partial charge in [0.2, 0.25) is 0 Å². The first-order valence-corrected chi connectivity index (χ1v) is 11.6. The Labute approximate surface area is 182 Å². The van der Waals surface area contributed by atoms with Gasteiger partial charge in [0.25, 0.3) is 0 Å². The summed E-state index contributed by atoms with van der Waals surface area (Å²) < 4.78 is 6.06. The molecule has 0 bridgehead atoms. The van der Waals surface area contributed by atoms with Crippen molar-refractivity contribution < 1.29 is 9.84 Å². The molecule has 1 aliphatic heterocycles. The lowest BCUT2D eigenvalue weighted by Gasteiger charge is -2.38. The molecule has 1 saturated carbocycles. The van der Waals surface area contributed by atoms with Crippen LogP contribution in [0.5, 0.6) is 0 Å². The highest BCUT2D eigenvalue weighted by atomic mass is 35.5. The molecule has 4 nitrogen and oxygen atoms in total. The van der Waals surface area contributed by atoms with Crippen LogP contribution in [0.15, 0.2) is 18.2 Å². The van der Waals surface area contributed by atoms with Gasteiger partial charge in [-0.1, -0.05) is 38.4 Å². The molecule has 1 aromatic carbocycles. The third-order valence-corrected chi connectivity index (χ3v) is 7.01. The molecule has 0 amide bonds. The number of hydrogen-bond donors (Lipinski definition) is 1. The van der Waals surface area contributed by atoms with Crippen molar-refractivity contribution in [3.05, 3.63) is 28.8 Å². The van der Waals surface area contributed by atoms with Gasteiger partial charge in [-0.2, -0.15) is 0 Å². The molecule has 1 saturated heterocycles. The van der Waals surface area contributed by atoms with E-state index in [1.165, 1.54) is 24.1 Å². The molecule has 29 heavy (non-hydrogen) atoms. The molecule has 3 rings (SSSR count). The number of aliphatic hydroxyl groups is 1. The van der Waals surface area contributed by atoms with Gasteiger partial charge in [0.15, 0.2) is 0 Å². The molecule has 2 fully saturated rings. The van der Waals surface area contributed by atoms with Crippen molar-refractivity contribution in [2.24, 2.45) is 11.3 Å². The number of rotatable bonds is 6. The summed E-state index contributed by atoms with van der Waals surface area (Å²) in [5.41, 5.74) is 2.89. The van der Waals surface area contributed by atoms with Crippen LogP contribution in [-0.2, 0) is 4.74 Å². The van der Waals surface area contributed by atoms with E-state index in [1.54, 1.807) is 0 Å². The van der Waals surface area contributed by atoms with Crippen LogP contribution >= 0.6 is 11.6 Å². The number of ether oxygens (including phenoxy) is 1. The minimum absolute atomic E-state index is 0.325. The Bertz CT molecular complexity index is 645. The van der Waals surface area contributed by atoms with Crippen LogP contribution in [0.25, 0.3) is 0 Å². The van der Waals surface area contributed by atoms with Crippen LogP contribution in [0.4, 0.5) is 5.69 Å². The second kappa shape index (κ2) is 10.00. The highest BCUT2D eigenvalue weighted by molar-refractivity contribution is 6.30. The maximum Gasteiger partial charge on any atom is 0.0900 e. The molecular formula is C24H39ClN2O2. The predicted molar refractivity (Wildman–Crippen MR) is 122 cm³/mol. The number of aliphatic hydroxyl groups excluding tert-OH is 1. The van der Waals surface area contributed by atoms with Gasteiger partial charge in [0.1, 0.15) is 0 Å². The molecule has 0 radical (unpaired) electrons. The molecule has 1 N–H and O–H groups in total. The van der Waals surface area contributed by atoms with Gasteiger partial charge in [-0.15, -0.1) is 0 Å². The summed E-state index contributed by atoms with van der Waals surface area (Å²) in [5, 5.41) is 11.3. The molecule has 1 aromatic rings. The van der Waals surface area contributed by atoms with Crippen molar-refractivity contribution in [1.82, 2.24) is 4.90 Å². The molecule has 1 aliphatic carbocycles. The normalized spacial score (nSPS) is 25.2. The third-order valence-electron chi connectivity index (χ3n) is 6.78. The summed E-state index contributed by atoms with van der Waals surface area (Å²) in [6.45, 7) is 14.2. The first kappa shape index (κ1) is 22.9. The Morgan fingerprint density at radius 1 is 1.10 bits per heavy atom.